The van der Waals surface area contributed by atoms with E-state index < -0.39 is 0 Å². The molecule has 0 aromatic carbocycles. The fourth-order valence-corrected chi connectivity index (χ4v) is 1.88. The molecule has 5 atom stereocenters. The zero-order valence-corrected chi connectivity index (χ0v) is 8.70. The van der Waals surface area contributed by atoms with Gasteiger partial charge in [0.15, 0.2) is 6.29 Å². The summed E-state index contributed by atoms with van der Waals surface area (Å²) in [6.07, 6.45) is 0.312. The minimum atomic E-state index is -0.00815. The molecule has 2 heteroatoms. The number of rotatable bonds is 1. The molecule has 0 aromatic rings. The van der Waals surface area contributed by atoms with E-state index in [9.17, 15) is 0 Å². The first kappa shape index (κ1) is 10.0. The lowest BCUT2D eigenvalue weighted by molar-refractivity contribution is -0.232. The van der Waals surface area contributed by atoms with Crippen molar-refractivity contribution in [2.75, 3.05) is 7.11 Å². The minimum absolute atomic E-state index is 0.00815. The van der Waals surface area contributed by atoms with E-state index in [4.69, 9.17) is 9.47 Å². The van der Waals surface area contributed by atoms with Crippen molar-refractivity contribution in [2.45, 2.75) is 40.1 Å². The van der Waals surface area contributed by atoms with Crippen LogP contribution in [0, 0.1) is 17.8 Å². The van der Waals surface area contributed by atoms with E-state index in [2.05, 4.69) is 27.7 Å². The summed E-state index contributed by atoms with van der Waals surface area (Å²) in [5, 5.41) is 0. The largest absolute Gasteiger partial charge is 0.356 e. The first-order chi connectivity index (χ1) is 5.57. The molecule has 1 aliphatic rings. The van der Waals surface area contributed by atoms with Gasteiger partial charge in [0.05, 0.1) is 6.10 Å². The molecule has 0 saturated carbocycles. The van der Waals surface area contributed by atoms with Crippen LogP contribution in [0.5, 0.6) is 0 Å². The Hall–Kier alpha value is -0.0800. The van der Waals surface area contributed by atoms with Gasteiger partial charge in [0.2, 0.25) is 0 Å². The van der Waals surface area contributed by atoms with Crippen LogP contribution in [0.3, 0.4) is 0 Å². The molecule has 12 heavy (non-hydrogen) atoms. The first-order valence-corrected chi connectivity index (χ1v) is 4.76. The molecule has 1 heterocycles. The second kappa shape index (κ2) is 3.75. The molecule has 0 N–H and O–H groups in total. The van der Waals surface area contributed by atoms with Crippen LogP contribution >= 0.6 is 0 Å². The molecule has 1 saturated heterocycles. The van der Waals surface area contributed by atoms with Crippen LogP contribution in [-0.4, -0.2) is 19.5 Å². The lowest BCUT2D eigenvalue weighted by Gasteiger charge is -2.41. The van der Waals surface area contributed by atoms with Crippen molar-refractivity contribution < 1.29 is 9.47 Å². The van der Waals surface area contributed by atoms with Gasteiger partial charge in [-0.1, -0.05) is 20.8 Å². The summed E-state index contributed by atoms with van der Waals surface area (Å²) in [4.78, 5) is 0. The van der Waals surface area contributed by atoms with Crippen LogP contribution in [-0.2, 0) is 9.47 Å². The Morgan fingerprint density at radius 2 is 1.50 bits per heavy atom. The molecule has 0 aliphatic carbocycles. The molecular formula is C10H20O2. The van der Waals surface area contributed by atoms with E-state index in [1.165, 1.54) is 0 Å². The predicted octanol–water partition coefficient (Wildman–Crippen LogP) is 2.29. The van der Waals surface area contributed by atoms with E-state index in [0.717, 1.165) is 0 Å². The van der Waals surface area contributed by atoms with Crippen molar-refractivity contribution in [2.24, 2.45) is 17.8 Å². The van der Waals surface area contributed by atoms with Crippen LogP contribution in [0.4, 0.5) is 0 Å². The quantitative estimate of drug-likeness (QED) is 0.604. The SMILES string of the molecule is CO[C@H]1OC(C)[C@@H](C)[C@H](C)C1C. The Morgan fingerprint density at radius 1 is 0.917 bits per heavy atom. The van der Waals surface area contributed by atoms with Crippen molar-refractivity contribution in [3.05, 3.63) is 0 Å². The third-order valence-corrected chi connectivity index (χ3v) is 3.41. The second-order valence-corrected chi connectivity index (χ2v) is 4.02. The molecule has 72 valence electrons. The minimum Gasteiger partial charge on any atom is -0.356 e. The van der Waals surface area contributed by atoms with Gasteiger partial charge in [-0.05, 0) is 18.8 Å². The van der Waals surface area contributed by atoms with Crippen molar-refractivity contribution in [3.8, 4) is 0 Å². The molecule has 0 aromatic heterocycles. The van der Waals surface area contributed by atoms with Gasteiger partial charge >= 0.3 is 0 Å². The lowest BCUT2D eigenvalue weighted by Crippen LogP contribution is -2.44. The Bertz CT molecular complexity index is 142. The van der Waals surface area contributed by atoms with E-state index in [1.807, 2.05) is 0 Å². The molecule has 0 radical (unpaired) electrons. The highest BCUT2D eigenvalue weighted by Gasteiger charge is 2.36. The Morgan fingerprint density at radius 3 is 2.00 bits per heavy atom. The van der Waals surface area contributed by atoms with Gasteiger partial charge in [-0.2, -0.15) is 0 Å². The molecule has 2 unspecified atom stereocenters. The summed E-state index contributed by atoms with van der Waals surface area (Å²) in [5.74, 6) is 1.81. The normalized spacial score (nSPS) is 49.2. The number of ether oxygens (including phenoxy) is 2. The van der Waals surface area contributed by atoms with Crippen LogP contribution in [0.2, 0.25) is 0 Å². The number of methoxy groups -OCH3 is 1. The fourth-order valence-electron chi connectivity index (χ4n) is 1.88. The highest BCUT2D eigenvalue weighted by atomic mass is 16.7. The molecule has 2 nitrogen and oxygen atoms in total. The van der Waals surface area contributed by atoms with Gasteiger partial charge in [-0.15, -0.1) is 0 Å². The smallest absolute Gasteiger partial charge is 0.160 e. The molecular weight excluding hydrogens is 152 g/mol. The summed E-state index contributed by atoms with van der Waals surface area (Å²) in [6.45, 7) is 8.85. The Balaban J connectivity index is 2.63. The predicted molar refractivity (Wildman–Crippen MR) is 48.8 cm³/mol. The van der Waals surface area contributed by atoms with Gasteiger partial charge in [0.1, 0.15) is 0 Å². The topological polar surface area (TPSA) is 18.5 Å². The van der Waals surface area contributed by atoms with Gasteiger partial charge in [0.25, 0.3) is 0 Å². The summed E-state index contributed by atoms with van der Waals surface area (Å²) in [7, 11) is 1.72. The average molecular weight is 172 g/mol. The van der Waals surface area contributed by atoms with E-state index in [1.54, 1.807) is 7.11 Å². The monoisotopic (exact) mass is 172 g/mol. The molecule has 1 aliphatic heterocycles. The fraction of sp³-hybridized carbons (Fsp3) is 1.00. The molecule has 1 fully saturated rings. The zero-order chi connectivity index (χ0) is 9.30. The van der Waals surface area contributed by atoms with Crippen molar-refractivity contribution in [1.29, 1.82) is 0 Å². The highest BCUT2D eigenvalue weighted by molar-refractivity contribution is 4.80. The van der Waals surface area contributed by atoms with Crippen molar-refractivity contribution >= 4 is 0 Å². The standard InChI is InChI=1S/C10H20O2/c1-6-7(2)9(4)12-10(11-5)8(6)3/h6-10H,1-5H3/t6-,7-,8?,9?,10-/m0/s1. The molecule has 1 rings (SSSR count). The molecule has 0 bridgehead atoms. The Kier molecular flexibility index (Phi) is 3.13. The van der Waals surface area contributed by atoms with Crippen LogP contribution in [0.1, 0.15) is 27.7 Å². The van der Waals surface area contributed by atoms with Gasteiger partial charge in [0, 0.05) is 13.0 Å². The lowest BCUT2D eigenvalue weighted by atomic mass is 9.79. The summed E-state index contributed by atoms with van der Waals surface area (Å²) < 4.78 is 11.0. The van der Waals surface area contributed by atoms with Crippen molar-refractivity contribution in [1.82, 2.24) is 0 Å². The van der Waals surface area contributed by atoms with Crippen molar-refractivity contribution in [3.63, 3.8) is 0 Å². The highest BCUT2D eigenvalue weighted by Crippen LogP contribution is 2.34. The van der Waals surface area contributed by atoms with Crippen LogP contribution < -0.4 is 0 Å². The first-order valence-electron chi connectivity index (χ1n) is 4.76. The zero-order valence-electron chi connectivity index (χ0n) is 8.70. The summed E-state index contributed by atoms with van der Waals surface area (Å²) in [6, 6.07) is 0. The molecule has 0 spiro atoms. The van der Waals surface area contributed by atoms with E-state index >= 15 is 0 Å². The summed E-state index contributed by atoms with van der Waals surface area (Å²) >= 11 is 0. The maximum Gasteiger partial charge on any atom is 0.160 e. The maximum atomic E-state index is 5.71. The van der Waals surface area contributed by atoms with E-state index in [0.29, 0.717) is 23.9 Å². The third-order valence-electron chi connectivity index (χ3n) is 3.41. The summed E-state index contributed by atoms with van der Waals surface area (Å²) in [5.41, 5.74) is 0. The molecule has 0 amide bonds. The third kappa shape index (κ3) is 1.64. The second-order valence-electron chi connectivity index (χ2n) is 4.02. The van der Waals surface area contributed by atoms with Gasteiger partial charge in [-0.25, -0.2) is 0 Å². The maximum absolute atomic E-state index is 5.71. The van der Waals surface area contributed by atoms with Gasteiger partial charge < -0.3 is 9.47 Å². The van der Waals surface area contributed by atoms with Crippen LogP contribution in [0.25, 0.3) is 0 Å². The Labute approximate surface area is 75.2 Å². The number of hydrogen-bond acceptors (Lipinski definition) is 2. The van der Waals surface area contributed by atoms with Crippen LogP contribution in [0.15, 0.2) is 0 Å². The van der Waals surface area contributed by atoms with E-state index in [-0.39, 0.29) is 6.29 Å². The average Bonchev–Trinajstić information content (AvgIpc) is 2.08. The van der Waals surface area contributed by atoms with Gasteiger partial charge in [-0.3, -0.25) is 0 Å². The number of hydrogen-bond donors (Lipinski definition) is 0.